The number of nitrogens with zero attached hydrogens (tertiary/aromatic N) is 4. The molecule has 1 N–H and O–H groups in total. The molecular weight excluding hydrogens is 305 g/mol. The van der Waals surface area contributed by atoms with Gasteiger partial charge in [-0.05, 0) is 48.6 Å². The van der Waals surface area contributed by atoms with Crippen molar-refractivity contribution in [2.45, 2.75) is 18.8 Å². The molecule has 24 heavy (non-hydrogen) atoms. The van der Waals surface area contributed by atoms with Gasteiger partial charge < -0.3 is 9.88 Å². The van der Waals surface area contributed by atoms with Gasteiger partial charge in [0.05, 0.1) is 0 Å². The zero-order chi connectivity index (χ0) is 16.5. The molecule has 5 nitrogen and oxygen atoms in total. The SMILES string of the molecule is N#Cc1ccnc(N2CCC(c3c[nH]c4ccc(F)cc34)CC2)n1. The molecule has 0 spiro atoms. The minimum absolute atomic E-state index is 0.206. The highest BCUT2D eigenvalue weighted by molar-refractivity contribution is 5.83. The molecule has 3 aromatic rings. The Morgan fingerprint density at radius 1 is 1.25 bits per heavy atom. The van der Waals surface area contributed by atoms with E-state index in [1.165, 1.54) is 11.6 Å². The Morgan fingerprint density at radius 2 is 2.08 bits per heavy atom. The number of H-pyrrole nitrogens is 1. The number of nitrogens with one attached hydrogen (secondary N) is 1. The maximum absolute atomic E-state index is 13.6. The summed E-state index contributed by atoms with van der Waals surface area (Å²) in [7, 11) is 0. The van der Waals surface area contributed by atoms with Gasteiger partial charge in [0.2, 0.25) is 5.95 Å². The summed E-state index contributed by atoms with van der Waals surface area (Å²) in [5.41, 5.74) is 2.53. The summed E-state index contributed by atoms with van der Waals surface area (Å²) < 4.78 is 13.6. The Hall–Kier alpha value is -2.94. The van der Waals surface area contributed by atoms with E-state index in [1.807, 2.05) is 12.3 Å². The van der Waals surface area contributed by atoms with E-state index >= 15 is 0 Å². The van der Waals surface area contributed by atoms with Crippen LogP contribution >= 0.6 is 0 Å². The van der Waals surface area contributed by atoms with Crippen LogP contribution in [0.3, 0.4) is 0 Å². The predicted octanol–water partition coefficient (Wildman–Crippen LogP) is 3.35. The highest BCUT2D eigenvalue weighted by atomic mass is 19.1. The molecule has 1 saturated heterocycles. The number of aromatic amines is 1. The van der Waals surface area contributed by atoms with Crippen LogP contribution in [0.15, 0.2) is 36.7 Å². The molecule has 1 aliphatic heterocycles. The number of rotatable bonds is 2. The summed E-state index contributed by atoms with van der Waals surface area (Å²) in [5, 5.41) is 9.93. The summed E-state index contributed by atoms with van der Waals surface area (Å²) in [6, 6.07) is 8.52. The first-order chi connectivity index (χ1) is 11.7. The van der Waals surface area contributed by atoms with E-state index in [0.717, 1.165) is 36.8 Å². The maximum Gasteiger partial charge on any atom is 0.226 e. The molecule has 2 aromatic heterocycles. The van der Waals surface area contributed by atoms with Gasteiger partial charge in [-0.1, -0.05) is 0 Å². The van der Waals surface area contributed by atoms with Gasteiger partial charge in [0.25, 0.3) is 0 Å². The molecule has 0 atom stereocenters. The monoisotopic (exact) mass is 321 g/mol. The lowest BCUT2D eigenvalue weighted by atomic mass is 9.89. The largest absolute Gasteiger partial charge is 0.361 e. The zero-order valence-electron chi connectivity index (χ0n) is 13.0. The number of fused-ring (bicyclic) bond motifs is 1. The number of nitriles is 1. The molecule has 0 aliphatic carbocycles. The van der Waals surface area contributed by atoms with Gasteiger partial charge in [-0.3, -0.25) is 0 Å². The lowest BCUT2D eigenvalue weighted by Crippen LogP contribution is -2.34. The van der Waals surface area contributed by atoms with Crippen molar-refractivity contribution in [2.75, 3.05) is 18.0 Å². The van der Waals surface area contributed by atoms with Crippen LogP contribution in [-0.4, -0.2) is 28.0 Å². The predicted molar refractivity (Wildman–Crippen MR) is 89.2 cm³/mol. The van der Waals surface area contributed by atoms with E-state index < -0.39 is 0 Å². The third kappa shape index (κ3) is 2.58. The van der Waals surface area contributed by atoms with Gasteiger partial charge >= 0.3 is 0 Å². The molecule has 1 aliphatic rings. The van der Waals surface area contributed by atoms with Gasteiger partial charge in [-0.25, -0.2) is 14.4 Å². The van der Waals surface area contributed by atoms with E-state index in [-0.39, 0.29) is 5.82 Å². The highest BCUT2D eigenvalue weighted by Crippen LogP contribution is 2.34. The smallest absolute Gasteiger partial charge is 0.226 e. The van der Waals surface area contributed by atoms with E-state index in [0.29, 0.717) is 17.6 Å². The van der Waals surface area contributed by atoms with Gasteiger partial charge in [0, 0.05) is 36.4 Å². The van der Waals surface area contributed by atoms with Gasteiger partial charge in [-0.15, -0.1) is 0 Å². The average molecular weight is 321 g/mol. The Labute approximate surface area is 138 Å². The van der Waals surface area contributed by atoms with Gasteiger partial charge in [-0.2, -0.15) is 5.26 Å². The van der Waals surface area contributed by atoms with Crippen molar-refractivity contribution in [1.82, 2.24) is 15.0 Å². The van der Waals surface area contributed by atoms with Crippen LogP contribution in [0.2, 0.25) is 0 Å². The molecule has 0 saturated carbocycles. The number of anilines is 1. The van der Waals surface area contributed by atoms with Crippen LogP contribution in [0.4, 0.5) is 10.3 Å². The Balaban J connectivity index is 1.53. The lowest BCUT2D eigenvalue weighted by molar-refractivity contribution is 0.501. The maximum atomic E-state index is 13.6. The molecule has 0 radical (unpaired) electrons. The Kier molecular flexibility index (Phi) is 3.62. The molecule has 1 aromatic carbocycles. The summed E-state index contributed by atoms with van der Waals surface area (Å²) in [6.07, 6.45) is 5.51. The standard InChI is InChI=1S/C18H16FN5/c19-13-1-2-17-15(9-13)16(11-22-17)12-4-7-24(8-5-12)18-21-6-3-14(10-20)23-18/h1-3,6,9,11-12,22H,4-5,7-8H2. The molecule has 120 valence electrons. The molecule has 0 bridgehead atoms. The zero-order valence-corrected chi connectivity index (χ0v) is 13.0. The molecule has 4 rings (SSSR count). The molecule has 0 unspecified atom stereocenters. The third-order valence-corrected chi connectivity index (χ3v) is 4.65. The van der Waals surface area contributed by atoms with Crippen LogP contribution in [0.5, 0.6) is 0 Å². The second kappa shape index (κ2) is 5.93. The quantitative estimate of drug-likeness (QED) is 0.786. The van der Waals surface area contributed by atoms with Gasteiger partial charge in [0.1, 0.15) is 17.6 Å². The minimum atomic E-state index is -0.206. The molecule has 3 heterocycles. The number of hydrogen-bond donors (Lipinski definition) is 1. The fourth-order valence-corrected chi connectivity index (χ4v) is 3.41. The minimum Gasteiger partial charge on any atom is -0.361 e. The first kappa shape index (κ1) is 14.6. The summed E-state index contributed by atoms with van der Waals surface area (Å²) >= 11 is 0. The van der Waals surface area contributed by atoms with Crippen molar-refractivity contribution in [3.8, 4) is 6.07 Å². The summed E-state index contributed by atoms with van der Waals surface area (Å²) in [5.74, 6) is 0.788. The Bertz CT molecular complexity index is 919. The van der Waals surface area contributed by atoms with Crippen LogP contribution in [-0.2, 0) is 0 Å². The number of piperidine rings is 1. The summed E-state index contributed by atoms with van der Waals surface area (Å²) in [6.45, 7) is 1.64. The summed E-state index contributed by atoms with van der Waals surface area (Å²) in [4.78, 5) is 13.9. The van der Waals surface area contributed by atoms with Crippen molar-refractivity contribution < 1.29 is 4.39 Å². The molecule has 1 fully saturated rings. The van der Waals surface area contributed by atoms with E-state index in [1.54, 1.807) is 24.4 Å². The first-order valence-corrected chi connectivity index (χ1v) is 7.99. The second-order valence-electron chi connectivity index (χ2n) is 6.05. The van der Waals surface area contributed by atoms with Gasteiger partial charge in [0.15, 0.2) is 0 Å². The molecular formula is C18H16FN5. The van der Waals surface area contributed by atoms with Crippen LogP contribution in [0, 0.1) is 17.1 Å². The highest BCUT2D eigenvalue weighted by Gasteiger charge is 2.24. The number of halogens is 1. The van der Waals surface area contributed by atoms with Crippen LogP contribution in [0.25, 0.3) is 10.9 Å². The van der Waals surface area contributed by atoms with E-state index in [4.69, 9.17) is 5.26 Å². The van der Waals surface area contributed by atoms with Crippen molar-refractivity contribution in [2.24, 2.45) is 0 Å². The number of hydrogen-bond acceptors (Lipinski definition) is 4. The van der Waals surface area contributed by atoms with Crippen LogP contribution < -0.4 is 4.90 Å². The van der Waals surface area contributed by atoms with E-state index in [9.17, 15) is 4.39 Å². The third-order valence-electron chi connectivity index (χ3n) is 4.65. The van der Waals surface area contributed by atoms with Crippen molar-refractivity contribution in [3.05, 3.63) is 53.7 Å². The Morgan fingerprint density at radius 3 is 2.88 bits per heavy atom. The van der Waals surface area contributed by atoms with Crippen LogP contribution in [0.1, 0.15) is 30.0 Å². The lowest BCUT2D eigenvalue weighted by Gasteiger charge is -2.31. The molecule has 6 heteroatoms. The topological polar surface area (TPSA) is 68.6 Å². The molecule has 0 amide bonds. The normalized spacial score (nSPS) is 15.6. The fourth-order valence-electron chi connectivity index (χ4n) is 3.41. The van der Waals surface area contributed by atoms with Crippen molar-refractivity contribution in [1.29, 1.82) is 5.26 Å². The van der Waals surface area contributed by atoms with Crippen molar-refractivity contribution >= 4 is 16.9 Å². The van der Waals surface area contributed by atoms with E-state index in [2.05, 4.69) is 19.9 Å². The fraction of sp³-hybridized carbons (Fsp3) is 0.278. The number of aromatic nitrogens is 3. The average Bonchev–Trinajstić information content (AvgIpc) is 3.05. The van der Waals surface area contributed by atoms with Crippen molar-refractivity contribution in [3.63, 3.8) is 0 Å². The number of benzene rings is 1. The second-order valence-corrected chi connectivity index (χ2v) is 6.05. The first-order valence-electron chi connectivity index (χ1n) is 7.99.